The zero-order valence-electron chi connectivity index (χ0n) is 11.6. The molecule has 0 spiro atoms. The predicted molar refractivity (Wildman–Crippen MR) is 76.0 cm³/mol. The molecule has 5 heteroatoms. The Morgan fingerprint density at radius 2 is 1.79 bits per heavy atom. The topological polar surface area (TPSA) is 55.8 Å². The van der Waals surface area contributed by atoms with Crippen LogP contribution in [0, 0.1) is 0 Å². The lowest BCUT2D eigenvalue weighted by Gasteiger charge is -2.23. The molecular weight excluding hydrogens is 263 g/mol. The van der Waals surface area contributed by atoms with Crippen LogP contribution in [0.2, 0.25) is 0 Å². The van der Waals surface area contributed by atoms with Gasteiger partial charge in [0, 0.05) is 0 Å². The summed E-state index contributed by atoms with van der Waals surface area (Å²) in [5.41, 5.74) is 0.662. The average molecular weight is 284 g/mol. The second-order valence-electron chi connectivity index (χ2n) is 3.86. The fourth-order valence-corrected chi connectivity index (χ4v) is 3.62. The summed E-state index contributed by atoms with van der Waals surface area (Å²) in [6.07, 6.45) is 0.610. The zero-order chi connectivity index (χ0) is 14.3. The number of rotatable bonds is 7. The fourth-order valence-electron chi connectivity index (χ4n) is 1.80. The van der Waals surface area contributed by atoms with E-state index in [9.17, 15) is 9.67 Å². The molecule has 0 saturated carbocycles. The Hall–Kier alpha value is -0.930. The van der Waals surface area contributed by atoms with Gasteiger partial charge in [0.05, 0.1) is 18.5 Å². The van der Waals surface area contributed by atoms with Gasteiger partial charge in [-0.25, -0.2) is 0 Å². The van der Waals surface area contributed by atoms with Crippen LogP contribution in [0.1, 0.15) is 32.4 Å². The van der Waals surface area contributed by atoms with E-state index in [0.717, 1.165) is 0 Å². The van der Waals surface area contributed by atoms with Gasteiger partial charge in [0.15, 0.2) is 0 Å². The summed E-state index contributed by atoms with van der Waals surface area (Å²) in [6.45, 7) is 5.72. The van der Waals surface area contributed by atoms with E-state index in [-0.39, 0.29) is 18.5 Å². The molecule has 0 bridgehead atoms. The van der Waals surface area contributed by atoms with Crippen LogP contribution in [-0.4, -0.2) is 18.3 Å². The standard InChI is InChI=1S/C14H21O4P/c1-4-13(19(16,17-5-2)18-6-3)14(15)12-10-8-7-9-11-12/h4,7-11,14-15H,5-6H2,1-3H3/b13-4+. The third kappa shape index (κ3) is 4.02. The Kier molecular flexibility index (Phi) is 6.46. The molecule has 0 aliphatic rings. The zero-order valence-corrected chi connectivity index (χ0v) is 12.5. The fraction of sp³-hybridized carbons (Fsp3) is 0.429. The van der Waals surface area contributed by atoms with Gasteiger partial charge in [0.1, 0.15) is 6.10 Å². The number of aliphatic hydroxyl groups excluding tert-OH is 1. The molecule has 1 N–H and O–H groups in total. The highest BCUT2D eigenvalue weighted by Gasteiger charge is 2.34. The van der Waals surface area contributed by atoms with Crippen molar-refractivity contribution < 1.29 is 18.7 Å². The summed E-state index contributed by atoms with van der Waals surface area (Å²) in [6, 6.07) is 9.04. The van der Waals surface area contributed by atoms with Gasteiger partial charge in [-0.15, -0.1) is 0 Å². The lowest BCUT2D eigenvalue weighted by Crippen LogP contribution is -2.07. The normalized spacial score (nSPS) is 14.4. The molecule has 4 nitrogen and oxygen atoms in total. The van der Waals surface area contributed by atoms with Gasteiger partial charge >= 0.3 is 7.60 Å². The summed E-state index contributed by atoms with van der Waals surface area (Å²) in [5, 5.41) is 10.6. The van der Waals surface area contributed by atoms with E-state index in [0.29, 0.717) is 5.56 Å². The first-order chi connectivity index (χ1) is 9.09. The molecule has 0 aliphatic heterocycles. The third-order valence-electron chi connectivity index (χ3n) is 2.61. The first kappa shape index (κ1) is 16.1. The largest absolute Gasteiger partial charge is 0.383 e. The highest BCUT2D eigenvalue weighted by Crippen LogP contribution is 2.59. The van der Waals surface area contributed by atoms with Crippen LogP contribution < -0.4 is 0 Å². The van der Waals surface area contributed by atoms with Crippen molar-refractivity contribution in [1.29, 1.82) is 0 Å². The lowest BCUT2D eigenvalue weighted by atomic mass is 10.1. The Labute approximate surface area is 114 Å². The van der Waals surface area contributed by atoms with E-state index in [1.54, 1.807) is 39.0 Å². The second kappa shape index (κ2) is 7.61. The maximum atomic E-state index is 12.7. The molecule has 1 rings (SSSR count). The first-order valence-electron chi connectivity index (χ1n) is 6.38. The molecule has 1 aromatic rings. The van der Waals surface area contributed by atoms with Crippen molar-refractivity contribution in [3.05, 3.63) is 47.3 Å². The Morgan fingerprint density at radius 1 is 1.26 bits per heavy atom. The summed E-state index contributed by atoms with van der Waals surface area (Å²) in [4.78, 5) is 0. The molecule has 0 amide bonds. The highest BCUT2D eigenvalue weighted by atomic mass is 31.2. The molecule has 0 aliphatic carbocycles. The summed E-state index contributed by atoms with van der Waals surface area (Å²) >= 11 is 0. The molecular formula is C14H21O4P. The minimum absolute atomic E-state index is 0.260. The van der Waals surface area contributed by atoms with Gasteiger partial charge in [-0.05, 0) is 26.3 Å². The number of hydrogen-bond donors (Lipinski definition) is 1. The van der Waals surface area contributed by atoms with Crippen LogP contribution in [0.15, 0.2) is 41.7 Å². The van der Waals surface area contributed by atoms with Gasteiger partial charge in [0.2, 0.25) is 0 Å². The van der Waals surface area contributed by atoms with Crippen LogP contribution in [0.5, 0.6) is 0 Å². The predicted octanol–water partition coefficient (Wildman–Crippen LogP) is 3.89. The molecule has 0 saturated heterocycles. The molecule has 0 heterocycles. The van der Waals surface area contributed by atoms with Crippen LogP contribution in [-0.2, 0) is 13.6 Å². The minimum Gasteiger partial charge on any atom is -0.383 e. The minimum atomic E-state index is -3.44. The van der Waals surface area contributed by atoms with Crippen molar-refractivity contribution in [2.24, 2.45) is 0 Å². The van der Waals surface area contributed by atoms with Crippen LogP contribution in [0.3, 0.4) is 0 Å². The van der Waals surface area contributed by atoms with Gasteiger partial charge in [-0.2, -0.15) is 0 Å². The number of aliphatic hydroxyl groups is 1. The summed E-state index contributed by atoms with van der Waals surface area (Å²) in [5.74, 6) is 0. The molecule has 106 valence electrons. The molecule has 0 fully saturated rings. The van der Waals surface area contributed by atoms with Gasteiger partial charge in [-0.3, -0.25) is 4.57 Å². The van der Waals surface area contributed by atoms with Crippen LogP contribution in [0.25, 0.3) is 0 Å². The number of allylic oxidation sites excluding steroid dienone is 1. The first-order valence-corrected chi connectivity index (χ1v) is 7.92. The Morgan fingerprint density at radius 3 is 2.21 bits per heavy atom. The van der Waals surface area contributed by atoms with Crippen molar-refractivity contribution in [1.82, 2.24) is 0 Å². The Balaban J connectivity index is 3.08. The second-order valence-corrected chi connectivity index (χ2v) is 5.89. The van der Waals surface area contributed by atoms with Crippen molar-refractivity contribution in [3.8, 4) is 0 Å². The summed E-state index contributed by atoms with van der Waals surface area (Å²) < 4.78 is 23.2. The van der Waals surface area contributed by atoms with Crippen molar-refractivity contribution in [2.75, 3.05) is 13.2 Å². The van der Waals surface area contributed by atoms with E-state index >= 15 is 0 Å². The van der Waals surface area contributed by atoms with Crippen LogP contribution in [0.4, 0.5) is 0 Å². The monoisotopic (exact) mass is 284 g/mol. The number of hydrogen-bond acceptors (Lipinski definition) is 4. The molecule has 19 heavy (non-hydrogen) atoms. The SMILES string of the molecule is C/C=C(\C(O)c1ccccc1)P(=O)(OCC)OCC. The van der Waals surface area contributed by atoms with E-state index in [1.807, 2.05) is 18.2 Å². The van der Waals surface area contributed by atoms with Crippen molar-refractivity contribution in [2.45, 2.75) is 26.9 Å². The Bertz CT molecular complexity index is 446. The highest BCUT2D eigenvalue weighted by molar-refractivity contribution is 7.58. The molecule has 1 aromatic carbocycles. The van der Waals surface area contributed by atoms with Crippen molar-refractivity contribution in [3.63, 3.8) is 0 Å². The van der Waals surface area contributed by atoms with Gasteiger partial charge < -0.3 is 14.2 Å². The lowest BCUT2D eigenvalue weighted by molar-refractivity contribution is 0.192. The molecule has 1 atom stereocenters. The van der Waals surface area contributed by atoms with Gasteiger partial charge in [-0.1, -0.05) is 36.4 Å². The summed E-state index contributed by atoms with van der Waals surface area (Å²) in [7, 11) is -3.44. The smallest absolute Gasteiger partial charge is 0.359 e. The van der Waals surface area contributed by atoms with E-state index in [2.05, 4.69) is 0 Å². The van der Waals surface area contributed by atoms with Crippen molar-refractivity contribution >= 4 is 7.60 Å². The molecule has 0 aromatic heterocycles. The van der Waals surface area contributed by atoms with E-state index in [1.165, 1.54) is 0 Å². The van der Waals surface area contributed by atoms with Gasteiger partial charge in [0.25, 0.3) is 0 Å². The third-order valence-corrected chi connectivity index (χ3v) is 4.94. The van der Waals surface area contributed by atoms with E-state index < -0.39 is 13.7 Å². The number of benzene rings is 1. The van der Waals surface area contributed by atoms with E-state index in [4.69, 9.17) is 9.05 Å². The molecule has 1 unspecified atom stereocenters. The quantitative estimate of drug-likeness (QED) is 0.772. The maximum Gasteiger partial charge on any atom is 0.359 e. The average Bonchev–Trinajstić information content (AvgIpc) is 2.40. The van der Waals surface area contributed by atoms with Crippen LogP contribution >= 0.6 is 7.60 Å². The molecule has 0 radical (unpaired) electrons. The maximum absolute atomic E-state index is 12.7.